The Kier molecular flexibility index (Phi) is 5.09. The van der Waals surface area contributed by atoms with Gasteiger partial charge in [-0.3, -0.25) is 9.69 Å². The molecule has 2 rings (SSSR count). The van der Waals surface area contributed by atoms with Gasteiger partial charge in [-0.15, -0.1) is 0 Å². The maximum absolute atomic E-state index is 12.8. The largest absolute Gasteiger partial charge is 0.350 e. The Labute approximate surface area is 119 Å². The second-order valence-electron chi connectivity index (χ2n) is 5.41. The SMILES string of the molecule is C[C@@H](CNC(=O)c1ccc(F)cc1)N1CCN(C)CC1. The molecule has 1 aromatic carbocycles. The Morgan fingerprint density at radius 2 is 1.85 bits per heavy atom. The summed E-state index contributed by atoms with van der Waals surface area (Å²) in [6.45, 7) is 6.93. The zero-order valence-corrected chi connectivity index (χ0v) is 12.1. The van der Waals surface area contributed by atoms with E-state index in [0.717, 1.165) is 26.2 Å². The first kappa shape index (κ1) is 14.9. The maximum atomic E-state index is 12.8. The number of carbonyl (C=O) groups is 1. The second-order valence-corrected chi connectivity index (χ2v) is 5.41. The third kappa shape index (κ3) is 4.02. The molecule has 0 aliphatic carbocycles. The first-order chi connectivity index (χ1) is 9.56. The molecule has 0 saturated carbocycles. The van der Waals surface area contributed by atoms with Crippen molar-refractivity contribution in [3.63, 3.8) is 0 Å². The van der Waals surface area contributed by atoms with Crippen LogP contribution in [-0.2, 0) is 0 Å². The van der Waals surface area contributed by atoms with E-state index in [-0.39, 0.29) is 11.7 Å². The van der Waals surface area contributed by atoms with Crippen molar-refractivity contribution >= 4 is 5.91 Å². The summed E-state index contributed by atoms with van der Waals surface area (Å²) in [4.78, 5) is 16.6. The van der Waals surface area contributed by atoms with Gasteiger partial charge in [-0.25, -0.2) is 4.39 Å². The highest BCUT2D eigenvalue weighted by Gasteiger charge is 2.19. The molecule has 1 aromatic rings. The standard InChI is InChI=1S/C15H22FN3O/c1-12(19-9-7-18(2)8-10-19)11-17-15(20)13-3-5-14(16)6-4-13/h3-6,12H,7-11H2,1-2H3,(H,17,20)/t12-/m0/s1. The summed E-state index contributed by atoms with van der Waals surface area (Å²) in [6, 6.07) is 5.93. The summed E-state index contributed by atoms with van der Waals surface area (Å²) >= 11 is 0. The number of nitrogens with one attached hydrogen (secondary N) is 1. The van der Waals surface area contributed by atoms with Crippen molar-refractivity contribution in [3.8, 4) is 0 Å². The number of carbonyl (C=O) groups excluding carboxylic acids is 1. The number of amides is 1. The molecule has 0 spiro atoms. The van der Waals surface area contributed by atoms with Crippen molar-refractivity contribution in [1.82, 2.24) is 15.1 Å². The minimum Gasteiger partial charge on any atom is -0.350 e. The molecule has 0 aromatic heterocycles. The molecule has 1 heterocycles. The van der Waals surface area contributed by atoms with Crippen LogP contribution < -0.4 is 5.32 Å². The predicted molar refractivity (Wildman–Crippen MR) is 77.3 cm³/mol. The van der Waals surface area contributed by atoms with Gasteiger partial charge in [-0.1, -0.05) is 0 Å². The van der Waals surface area contributed by atoms with Crippen molar-refractivity contribution in [3.05, 3.63) is 35.6 Å². The molecule has 20 heavy (non-hydrogen) atoms. The molecule has 1 aliphatic heterocycles. The third-order valence-corrected chi connectivity index (χ3v) is 3.83. The molecule has 0 bridgehead atoms. The molecular weight excluding hydrogens is 257 g/mol. The number of nitrogens with zero attached hydrogens (tertiary/aromatic N) is 2. The van der Waals surface area contributed by atoms with Crippen LogP contribution >= 0.6 is 0 Å². The van der Waals surface area contributed by atoms with E-state index in [0.29, 0.717) is 18.2 Å². The van der Waals surface area contributed by atoms with Gasteiger partial charge >= 0.3 is 0 Å². The number of piperazine rings is 1. The summed E-state index contributed by atoms with van der Waals surface area (Å²) in [5.41, 5.74) is 0.497. The first-order valence-corrected chi connectivity index (χ1v) is 7.02. The summed E-state index contributed by atoms with van der Waals surface area (Å²) in [6.07, 6.45) is 0. The normalized spacial score (nSPS) is 18.8. The molecular formula is C15H22FN3O. The van der Waals surface area contributed by atoms with Crippen molar-refractivity contribution in [2.45, 2.75) is 13.0 Å². The Balaban J connectivity index is 1.79. The predicted octanol–water partition coefficient (Wildman–Crippen LogP) is 1.19. The Bertz CT molecular complexity index is 441. The van der Waals surface area contributed by atoms with Crippen LogP contribution in [0.1, 0.15) is 17.3 Å². The Morgan fingerprint density at radius 1 is 1.25 bits per heavy atom. The van der Waals surface area contributed by atoms with Crippen molar-refractivity contribution in [2.75, 3.05) is 39.8 Å². The van der Waals surface area contributed by atoms with Crippen LogP contribution in [0.4, 0.5) is 4.39 Å². The summed E-state index contributed by atoms with van der Waals surface area (Å²) < 4.78 is 12.8. The lowest BCUT2D eigenvalue weighted by molar-refractivity contribution is 0.0903. The molecule has 1 fully saturated rings. The lowest BCUT2D eigenvalue weighted by atomic mass is 10.2. The molecule has 0 radical (unpaired) electrons. The van der Waals surface area contributed by atoms with Crippen LogP contribution in [0.25, 0.3) is 0 Å². The Hall–Kier alpha value is -1.46. The smallest absolute Gasteiger partial charge is 0.251 e. The molecule has 110 valence electrons. The van der Waals surface area contributed by atoms with E-state index in [4.69, 9.17) is 0 Å². The van der Waals surface area contributed by atoms with E-state index in [1.165, 1.54) is 24.3 Å². The molecule has 0 unspecified atom stereocenters. The molecule has 1 saturated heterocycles. The fourth-order valence-electron chi connectivity index (χ4n) is 2.34. The number of rotatable bonds is 4. The van der Waals surface area contributed by atoms with E-state index in [1.54, 1.807) is 0 Å². The van der Waals surface area contributed by atoms with Crippen LogP contribution in [0.2, 0.25) is 0 Å². The van der Waals surface area contributed by atoms with Gasteiger partial charge in [0.15, 0.2) is 0 Å². The topological polar surface area (TPSA) is 35.6 Å². The number of benzene rings is 1. The average molecular weight is 279 g/mol. The number of hydrogen-bond acceptors (Lipinski definition) is 3. The zero-order chi connectivity index (χ0) is 14.5. The van der Waals surface area contributed by atoms with E-state index in [9.17, 15) is 9.18 Å². The third-order valence-electron chi connectivity index (χ3n) is 3.83. The van der Waals surface area contributed by atoms with E-state index in [1.807, 2.05) is 0 Å². The van der Waals surface area contributed by atoms with Gasteiger partial charge in [0.2, 0.25) is 0 Å². The van der Waals surface area contributed by atoms with Crippen molar-refractivity contribution in [1.29, 1.82) is 0 Å². The maximum Gasteiger partial charge on any atom is 0.251 e. The van der Waals surface area contributed by atoms with Crippen molar-refractivity contribution < 1.29 is 9.18 Å². The van der Waals surface area contributed by atoms with Gasteiger partial charge in [0.05, 0.1) is 0 Å². The molecule has 1 aliphatic rings. The average Bonchev–Trinajstić information content (AvgIpc) is 2.46. The van der Waals surface area contributed by atoms with Gasteiger partial charge < -0.3 is 10.2 Å². The highest BCUT2D eigenvalue weighted by atomic mass is 19.1. The van der Waals surface area contributed by atoms with Gasteiger partial charge in [-0.05, 0) is 38.2 Å². The van der Waals surface area contributed by atoms with Crippen LogP contribution in [0.3, 0.4) is 0 Å². The summed E-state index contributed by atoms with van der Waals surface area (Å²) in [5.74, 6) is -0.474. The molecule has 5 heteroatoms. The summed E-state index contributed by atoms with van der Waals surface area (Å²) in [7, 11) is 2.12. The number of likely N-dealkylation sites (N-methyl/N-ethyl adjacent to an activating group) is 1. The second kappa shape index (κ2) is 6.81. The van der Waals surface area contributed by atoms with Crippen LogP contribution in [0, 0.1) is 5.82 Å². The van der Waals surface area contributed by atoms with E-state index >= 15 is 0 Å². The molecule has 1 amide bonds. The number of halogens is 1. The van der Waals surface area contributed by atoms with Crippen LogP contribution in [-0.4, -0.2) is 61.5 Å². The molecule has 4 nitrogen and oxygen atoms in total. The van der Waals surface area contributed by atoms with Crippen LogP contribution in [0.5, 0.6) is 0 Å². The highest BCUT2D eigenvalue weighted by molar-refractivity contribution is 5.94. The van der Waals surface area contributed by atoms with Crippen molar-refractivity contribution in [2.24, 2.45) is 0 Å². The highest BCUT2D eigenvalue weighted by Crippen LogP contribution is 2.05. The number of hydrogen-bond donors (Lipinski definition) is 1. The fourth-order valence-corrected chi connectivity index (χ4v) is 2.34. The quantitative estimate of drug-likeness (QED) is 0.899. The van der Waals surface area contributed by atoms with Gasteiger partial charge in [0, 0.05) is 44.3 Å². The molecule has 1 N–H and O–H groups in total. The minimum absolute atomic E-state index is 0.147. The lowest BCUT2D eigenvalue weighted by Crippen LogP contribution is -2.51. The van der Waals surface area contributed by atoms with Gasteiger partial charge in [0.25, 0.3) is 5.91 Å². The van der Waals surface area contributed by atoms with Gasteiger partial charge in [-0.2, -0.15) is 0 Å². The van der Waals surface area contributed by atoms with E-state index in [2.05, 4.69) is 29.1 Å². The Morgan fingerprint density at radius 3 is 2.45 bits per heavy atom. The van der Waals surface area contributed by atoms with Gasteiger partial charge in [0.1, 0.15) is 5.82 Å². The van der Waals surface area contributed by atoms with E-state index < -0.39 is 0 Å². The fraction of sp³-hybridized carbons (Fsp3) is 0.533. The van der Waals surface area contributed by atoms with Crippen LogP contribution in [0.15, 0.2) is 24.3 Å². The zero-order valence-electron chi connectivity index (χ0n) is 12.1. The lowest BCUT2D eigenvalue weighted by Gasteiger charge is -2.36. The molecule has 1 atom stereocenters. The monoisotopic (exact) mass is 279 g/mol. The first-order valence-electron chi connectivity index (χ1n) is 7.02. The minimum atomic E-state index is -0.327. The summed E-state index contributed by atoms with van der Waals surface area (Å²) in [5, 5.41) is 2.91.